The van der Waals surface area contributed by atoms with E-state index >= 15 is 0 Å². The number of nitrogens with zero attached hydrogens (tertiary/aromatic N) is 1. The van der Waals surface area contributed by atoms with E-state index in [2.05, 4.69) is 5.32 Å². The number of hydrogen-bond acceptors (Lipinski definition) is 5. The van der Waals surface area contributed by atoms with Crippen LogP contribution in [0.1, 0.15) is 13.3 Å². The molecule has 0 aliphatic rings. The zero-order chi connectivity index (χ0) is 14.5. The Labute approximate surface area is 110 Å². The number of nitro groups is 1. The Morgan fingerprint density at radius 3 is 2.79 bits per heavy atom. The molecule has 0 saturated carbocycles. The average Bonchev–Trinajstić information content (AvgIpc) is 2.33. The molecule has 0 radical (unpaired) electrons. The Bertz CT molecular complexity index is 451. The van der Waals surface area contributed by atoms with E-state index in [4.69, 9.17) is 4.74 Å². The molecule has 0 spiro atoms. The van der Waals surface area contributed by atoms with Crippen LogP contribution in [0.3, 0.4) is 0 Å². The van der Waals surface area contributed by atoms with Crippen LogP contribution in [0.15, 0.2) is 18.2 Å². The lowest BCUT2D eigenvalue weighted by atomic mass is 10.0. The SMILES string of the molecule is COCCC(C)(O)CNc1cc(F)cc([N+](=O)[O-])c1. The Hall–Kier alpha value is -1.73. The zero-order valence-electron chi connectivity index (χ0n) is 10.9. The quantitative estimate of drug-likeness (QED) is 0.585. The summed E-state index contributed by atoms with van der Waals surface area (Å²) < 4.78 is 18.0. The average molecular weight is 272 g/mol. The second-order valence-electron chi connectivity index (χ2n) is 4.55. The number of aliphatic hydroxyl groups is 1. The summed E-state index contributed by atoms with van der Waals surface area (Å²) in [6.45, 7) is 2.13. The lowest BCUT2D eigenvalue weighted by molar-refractivity contribution is -0.385. The first kappa shape index (κ1) is 15.3. The number of rotatable bonds is 7. The Morgan fingerprint density at radius 2 is 2.21 bits per heavy atom. The van der Waals surface area contributed by atoms with Gasteiger partial charge in [0.15, 0.2) is 0 Å². The summed E-state index contributed by atoms with van der Waals surface area (Å²) in [4.78, 5) is 9.92. The fourth-order valence-corrected chi connectivity index (χ4v) is 1.48. The first-order chi connectivity index (χ1) is 8.84. The van der Waals surface area contributed by atoms with Crippen molar-refractivity contribution < 1.29 is 19.2 Å². The summed E-state index contributed by atoms with van der Waals surface area (Å²) >= 11 is 0. The Morgan fingerprint density at radius 1 is 1.53 bits per heavy atom. The number of non-ortho nitro benzene ring substituents is 1. The smallest absolute Gasteiger partial charge is 0.274 e. The van der Waals surface area contributed by atoms with Crippen LogP contribution in [-0.4, -0.2) is 35.9 Å². The van der Waals surface area contributed by atoms with Crippen molar-refractivity contribution >= 4 is 11.4 Å². The van der Waals surface area contributed by atoms with Gasteiger partial charge in [-0.1, -0.05) is 0 Å². The molecular weight excluding hydrogens is 255 g/mol. The van der Waals surface area contributed by atoms with Crippen molar-refractivity contribution in [3.8, 4) is 0 Å². The Kier molecular flexibility index (Phi) is 5.20. The van der Waals surface area contributed by atoms with Crippen LogP contribution >= 0.6 is 0 Å². The molecule has 2 N–H and O–H groups in total. The molecule has 0 bridgehead atoms. The van der Waals surface area contributed by atoms with E-state index in [1.807, 2.05) is 0 Å². The van der Waals surface area contributed by atoms with Crippen molar-refractivity contribution in [1.82, 2.24) is 0 Å². The highest BCUT2D eigenvalue weighted by Crippen LogP contribution is 2.21. The molecule has 0 heterocycles. The van der Waals surface area contributed by atoms with Gasteiger partial charge < -0.3 is 15.2 Å². The summed E-state index contributed by atoms with van der Waals surface area (Å²) in [5, 5.41) is 23.4. The number of methoxy groups -OCH3 is 1. The summed E-state index contributed by atoms with van der Waals surface area (Å²) in [5.74, 6) is -0.701. The Balaban J connectivity index is 2.69. The van der Waals surface area contributed by atoms with Crippen LogP contribution in [0, 0.1) is 15.9 Å². The van der Waals surface area contributed by atoms with Crippen LogP contribution in [0.2, 0.25) is 0 Å². The van der Waals surface area contributed by atoms with Gasteiger partial charge in [-0.05, 0) is 13.0 Å². The molecule has 0 saturated heterocycles. The minimum atomic E-state index is -1.04. The first-order valence-corrected chi connectivity index (χ1v) is 5.74. The van der Waals surface area contributed by atoms with Gasteiger partial charge in [0.05, 0.1) is 16.6 Å². The highest BCUT2D eigenvalue weighted by Gasteiger charge is 2.20. The fraction of sp³-hybridized carbons (Fsp3) is 0.500. The second kappa shape index (κ2) is 6.44. The third kappa shape index (κ3) is 5.19. The molecule has 7 heteroatoms. The van der Waals surface area contributed by atoms with Gasteiger partial charge in [0, 0.05) is 38.4 Å². The minimum absolute atomic E-state index is 0.136. The van der Waals surface area contributed by atoms with E-state index in [9.17, 15) is 19.6 Å². The highest BCUT2D eigenvalue weighted by atomic mass is 19.1. The number of benzene rings is 1. The molecule has 1 aromatic rings. The maximum absolute atomic E-state index is 13.2. The van der Waals surface area contributed by atoms with Crippen LogP contribution in [0.4, 0.5) is 15.8 Å². The third-order valence-electron chi connectivity index (χ3n) is 2.61. The molecule has 0 aliphatic carbocycles. The number of nitro benzene ring substituents is 1. The molecule has 1 atom stereocenters. The van der Waals surface area contributed by atoms with Gasteiger partial charge in [-0.15, -0.1) is 0 Å². The van der Waals surface area contributed by atoms with Crippen molar-refractivity contribution in [2.45, 2.75) is 18.9 Å². The predicted octanol–water partition coefficient (Wildman–Crippen LogP) is 1.93. The van der Waals surface area contributed by atoms with E-state index < -0.39 is 16.3 Å². The van der Waals surface area contributed by atoms with Crippen molar-refractivity contribution in [3.63, 3.8) is 0 Å². The standard InChI is InChI=1S/C12H17FN2O4/c1-12(16,3-4-19-2)8-14-10-5-9(13)6-11(7-10)15(17)18/h5-7,14,16H,3-4,8H2,1-2H3. The van der Waals surface area contributed by atoms with E-state index in [0.29, 0.717) is 13.0 Å². The molecule has 106 valence electrons. The first-order valence-electron chi connectivity index (χ1n) is 5.74. The predicted molar refractivity (Wildman–Crippen MR) is 68.7 cm³/mol. The molecule has 1 unspecified atom stereocenters. The molecule has 1 rings (SSSR count). The molecule has 0 amide bonds. The number of nitrogens with one attached hydrogen (secondary N) is 1. The molecule has 19 heavy (non-hydrogen) atoms. The number of anilines is 1. The lowest BCUT2D eigenvalue weighted by Crippen LogP contribution is -2.34. The van der Waals surface area contributed by atoms with Crippen molar-refractivity contribution in [1.29, 1.82) is 0 Å². The molecular formula is C12H17FN2O4. The van der Waals surface area contributed by atoms with Gasteiger partial charge in [-0.3, -0.25) is 10.1 Å². The largest absolute Gasteiger partial charge is 0.388 e. The van der Waals surface area contributed by atoms with E-state index in [1.165, 1.54) is 13.2 Å². The van der Waals surface area contributed by atoms with Gasteiger partial charge in [0.25, 0.3) is 5.69 Å². The highest BCUT2D eigenvalue weighted by molar-refractivity contribution is 5.51. The maximum atomic E-state index is 13.2. The minimum Gasteiger partial charge on any atom is -0.388 e. The molecule has 6 nitrogen and oxygen atoms in total. The van der Waals surface area contributed by atoms with Crippen molar-refractivity contribution in [3.05, 3.63) is 34.1 Å². The van der Waals surface area contributed by atoms with Gasteiger partial charge in [0.2, 0.25) is 0 Å². The van der Waals surface area contributed by atoms with Crippen LogP contribution in [-0.2, 0) is 4.74 Å². The van der Waals surface area contributed by atoms with Crippen molar-refractivity contribution in [2.75, 3.05) is 25.6 Å². The van der Waals surface area contributed by atoms with Crippen molar-refractivity contribution in [2.24, 2.45) is 0 Å². The third-order valence-corrected chi connectivity index (χ3v) is 2.61. The zero-order valence-corrected chi connectivity index (χ0v) is 10.9. The van der Waals surface area contributed by atoms with Gasteiger partial charge in [0.1, 0.15) is 5.82 Å². The second-order valence-corrected chi connectivity index (χ2v) is 4.55. The van der Waals surface area contributed by atoms with Gasteiger partial charge in [-0.2, -0.15) is 0 Å². The van der Waals surface area contributed by atoms with Gasteiger partial charge >= 0.3 is 0 Å². The molecule has 0 aliphatic heterocycles. The molecule has 0 aromatic heterocycles. The van der Waals surface area contributed by atoms with E-state index in [-0.39, 0.29) is 17.9 Å². The molecule has 0 fully saturated rings. The topological polar surface area (TPSA) is 84.6 Å². The maximum Gasteiger partial charge on any atom is 0.274 e. The molecule has 1 aromatic carbocycles. The summed E-state index contributed by atoms with van der Waals surface area (Å²) in [6, 6.07) is 3.20. The monoisotopic (exact) mass is 272 g/mol. The summed E-state index contributed by atoms with van der Waals surface area (Å²) in [6.07, 6.45) is 0.397. The number of halogens is 1. The fourth-order valence-electron chi connectivity index (χ4n) is 1.48. The van der Waals surface area contributed by atoms with E-state index in [0.717, 1.165) is 12.1 Å². The van der Waals surface area contributed by atoms with Crippen LogP contribution in [0.25, 0.3) is 0 Å². The summed E-state index contributed by atoms with van der Waals surface area (Å²) in [7, 11) is 1.53. The van der Waals surface area contributed by atoms with Crippen LogP contribution < -0.4 is 5.32 Å². The number of hydrogen-bond donors (Lipinski definition) is 2. The lowest BCUT2D eigenvalue weighted by Gasteiger charge is -2.23. The van der Waals surface area contributed by atoms with Crippen LogP contribution in [0.5, 0.6) is 0 Å². The number of ether oxygens (including phenoxy) is 1. The van der Waals surface area contributed by atoms with E-state index in [1.54, 1.807) is 6.92 Å². The summed E-state index contributed by atoms with van der Waals surface area (Å²) in [5.41, 5.74) is -1.12. The van der Waals surface area contributed by atoms with Gasteiger partial charge in [-0.25, -0.2) is 4.39 Å². The normalized spacial score (nSPS) is 13.9.